The summed E-state index contributed by atoms with van der Waals surface area (Å²) in [4.78, 5) is 4.56. The van der Waals surface area contributed by atoms with Gasteiger partial charge in [-0.3, -0.25) is 0 Å². The second-order valence-corrected chi connectivity index (χ2v) is 10.5. The summed E-state index contributed by atoms with van der Waals surface area (Å²) in [7, 11) is 1.69. The van der Waals surface area contributed by atoms with Crippen LogP contribution >= 0.6 is 0 Å². The highest BCUT2D eigenvalue weighted by atomic mass is 16.5. The van der Waals surface area contributed by atoms with E-state index >= 15 is 0 Å². The first-order valence-electron chi connectivity index (χ1n) is 14.2. The van der Waals surface area contributed by atoms with Gasteiger partial charge in [-0.15, -0.1) is 0 Å². The third-order valence-corrected chi connectivity index (χ3v) is 7.51. The van der Waals surface area contributed by atoms with Crippen molar-refractivity contribution < 1.29 is 4.74 Å². The minimum absolute atomic E-state index is 0.842. The lowest BCUT2D eigenvalue weighted by atomic mass is 10.0. The van der Waals surface area contributed by atoms with Crippen LogP contribution in [0.1, 0.15) is 11.1 Å². The second kappa shape index (κ2) is 12.1. The van der Waals surface area contributed by atoms with E-state index in [0.717, 1.165) is 39.9 Å². The van der Waals surface area contributed by atoms with E-state index in [1.807, 2.05) is 12.1 Å². The van der Waals surface area contributed by atoms with Crippen molar-refractivity contribution in [3.05, 3.63) is 163 Å². The van der Waals surface area contributed by atoms with Crippen LogP contribution in [-0.2, 0) is 0 Å². The van der Waals surface area contributed by atoms with E-state index in [1.165, 1.54) is 22.3 Å². The Balaban J connectivity index is 1.31. The van der Waals surface area contributed by atoms with Gasteiger partial charge in [-0.25, -0.2) is 0 Å². The van der Waals surface area contributed by atoms with E-state index in [1.54, 1.807) is 7.11 Å². The van der Waals surface area contributed by atoms with Crippen LogP contribution in [-0.4, -0.2) is 7.11 Å². The monoisotopic (exact) mass is 546 g/mol. The molecule has 0 atom stereocenters. The number of hydrogen-bond acceptors (Lipinski definition) is 3. The SMILES string of the molecule is COc1ccc(N(c2ccc(C)cc2)c2ccc(-c3ccc(N(c4ccccc4)c4ccc(C)cc4)cc3)cc2)cc1. The number of nitrogens with zero attached hydrogens (tertiary/aromatic N) is 2. The normalized spacial score (nSPS) is 10.7. The fourth-order valence-electron chi connectivity index (χ4n) is 5.20. The van der Waals surface area contributed by atoms with E-state index in [-0.39, 0.29) is 0 Å². The molecule has 6 aromatic carbocycles. The standard InChI is InChI=1S/C39H34N2O/c1-29-9-17-34(18-10-29)40(33-7-5-4-6-8-33)36-21-13-31(14-22-36)32-15-23-37(24-16-32)41(35-19-11-30(2)12-20-35)38-25-27-39(42-3)28-26-38/h4-28H,1-3H3. The molecule has 0 spiro atoms. The maximum Gasteiger partial charge on any atom is 0.119 e. The topological polar surface area (TPSA) is 15.7 Å². The number of anilines is 6. The molecule has 206 valence electrons. The molecule has 42 heavy (non-hydrogen) atoms. The Kier molecular flexibility index (Phi) is 7.74. The third-order valence-electron chi connectivity index (χ3n) is 7.51. The summed E-state index contributed by atoms with van der Waals surface area (Å²) in [5.41, 5.74) is 11.5. The van der Waals surface area contributed by atoms with Gasteiger partial charge in [0.25, 0.3) is 0 Å². The average Bonchev–Trinajstić information content (AvgIpc) is 3.05. The Morgan fingerprint density at radius 2 is 0.667 bits per heavy atom. The number of ether oxygens (including phenoxy) is 1. The summed E-state index contributed by atoms with van der Waals surface area (Å²) in [6.45, 7) is 4.23. The molecule has 0 fully saturated rings. The molecule has 0 aliphatic heterocycles. The number of rotatable bonds is 8. The fourth-order valence-corrected chi connectivity index (χ4v) is 5.20. The zero-order valence-electron chi connectivity index (χ0n) is 24.2. The van der Waals surface area contributed by atoms with E-state index in [0.29, 0.717) is 0 Å². The van der Waals surface area contributed by atoms with Gasteiger partial charge in [0.2, 0.25) is 0 Å². The van der Waals surface area contributed by atoms with Gasteiger partial charge in [0.1, 0.15) is 5.75 Å². The minimum Gasteiger partial charge on any atom is -0.497 e. The summed E-state index contributed by atoms with van der Waals surface area (Å²) in [5.74, 6) is 0.842. The summed E-state index contributed by atoms with van der Waals surface area (Å²) in [6.07, 6.45) is 0. The van der Waals surface area contributed by atoms with Crippen LogP contribution < -0.4 is 14.5 Å². The van der Waals surface area contributed by atoms with Crippen molar-refractivity contribution in [1.29, 1.82) is 0 Å². The molecule has 0 aromatic heterocycles. The summed E-state index contributed by atoms with van der Waals surface area (Å²) < 4.78 is 5.40. The van der Waals surface area contributed by atoms with Crippen LogP contribution in [0.25, 0.3) is 11.1 Å². The van der Waals surface area contributed by atoms with Crippen LogP contribution in [0.5, 0.6) is 5.75 Å². The van der Waals surface area contributed by atoms with Crippen LogP contribution in [0.15, 0.2) is 152 Å². The first kappa shape index (κ1) is 26.9. The highest BCUT2D eigenvalue weighted by Gasteiger charge is 2.14. The van der Waals surface area contributed by atoms with Crippen molar-refractivity contribution in [2.75, 3.05) is 16.9 Å². The van der Waals surface area contributed by atoms with Gasteiger partial charge in [-0.05, 0) is 110 Å². The molecule has 0 amide bonds. The molecule has 0 heterocycles. The summed E-state index contributed by atoms with van der Waals surface area (Å²) >= 11 is 0. The van der Waals surface area contributed by atoms with Crippen LogP contribution in [0, 0.1) is 13.8 Å². The van der Waals surface area contributed by atoms with Gasteiger partial charge in [-0.1, -0.05) is 77.9 Å². The van der Waals surface area contributed by atoms with Crippen molar-refractivity contribution in [1.82, 2.24) is 0 Å². The zero-order chi connectivity index (χ0) is 28.9. The molecule has 0 bridgehead atoms. The number of benzene rings is 6. The molecule has 0 aliphatic carbocycles. The van der Waals surface area contributed by atoms with Crippen molar-refractivity contribution >= 4 is 34.1 Å². The van der Waals surface area contributed by atoms with E-state index in [2.05, 4.69) is 163 Å². The molecule has 6 rings (SSSR count). The second-order valence-electron chi connectivity index (χ2n) is 10.5. The van der Waals surface area contributed by atoms with Crippen molar-refractivity contribution in [2.45, 2.75) is 13.8 Å². The average molecular weight is 547 g/mol. The quantitative estimate of drug-likeness (QED) is 0.189. The molecule has 3 nitrogen and oxygen atoms in total. The lowest BCUT2D eigenvalue weighted by molar-refractivity contribution is 0.415. The Morgan fingerprint density at radius 1 is 0.357 bits per heavy atom. The van der Waals surface area contributed by atoms with Gasteiger partial charge in [0.05, 0.1) is 7.11 Å². The van der Waals surface area contributed by atoms with Gasteiger partial charge in [0, 0.05) is 34.1 Å². The smallest absolute Gasteiger partial charge is 0.119 e. The van der Waals surface area contributed by atoms with E-state index in [9.17, 15) is 0 Å². The van der Waals surface area contributed by atoms with Crippen LogP contribution in [0.4, 0.5) is 34.1 Å². The summed E-state index contributed by atoms with van der Waals surface area (Å²) in [6, 6.07) is 53.6. The maximum atomic E-state index is 5.40. The summed E-state index contributed by atoms with van der Waals surface area (Å²) in [5, 5.41) is 0. The molecule has 0 radical (unpaired) electrons. The number of hydrogen-bond donors (Lipinski definition) is 0. The third kappa shape index (κ3) is 5.77. The number of methoxy groups -OCH3 is 1. The van der Waals surface area contributed by atoms with Gasteiger partial charge < -0.3 is 14.5 Å². The molecule has 0 unspecified atom stereocenters. The Hall–Kier alpha value is -5.28. The van der Waals surface area contributed by atoms with Gasteiger partial charge in [0.15, 0.2) is 0 Å². The van der Waals surface area contributed by atoms with Crippen molar-refractivity contribution in [2.24, 2.45) is 0 Å². The lowest BCUT2D eigenvalue weighted by Crippen LogP contribution is -2.10. The van der Waals surface area contributed by atoms with Crippen LogP contribution in [0.3, 0.4) is 0 Å². The molecule has 0 saturated carbocycles. The van der Waals surface area contributed by atoms with Crippen molar-refractivity contribution in [3.63, 3.8) is 0 Å². The molecular formula is C39H34N2O. The zero-order valence-corrected chi connectivity index (χ0v) is 24.2. The molecule has 0 saturated heterocycles. The van der Waals surface area contributed by atoms with Crippen LogP contribution in [0.2, 0.25) is 0 Å². The minimum atomic E-state index is 0.842. The maximum absolute atomic E-state index is 5.40. The fraction of sp³-hybridized carbons (Fsp3) is 0.0769. The Morgan fingerprint density at radius 3 is 1.02 bits per heavy atom. The predicted molar refractivity (Wildman–Crippen MR) is 177 cm³/mol. The number of aryl methyl sites for hydroxylation is 2. The highest BCUT2D eigenvalue weighted by Crippen LogP contribution is 2.38. The Bertz CT molecular complexity index is 1730. The first-order valence-corrected chi connectivity index (χ1v) is 14.2. The highest BCUT2D eigenvalue weighted by molar-refractivity contribution is 5.80. The van der Waals surface area contributed by atoms with Crippen molar-refractivity contribution in [3.8, 4) is 16.9 Å². The molecule has 3 heteroatoms. The van der Waals surface area contributed by atoms with Gasteiger partial charge >= 0.3 is 0 Å². The van der Waals surface area contributed by atoms with Gasteiger partial charge in [-0.2, -0.15) is 0 Å². The Labute approximate surface area is 248 Å². The molecule has 0 N–H and O–H groups in total. The largest absolute Gasteiger partial charge is 0.497 e. The molecule has 6 aromatic rings. The predicted octanol–water partition coefficient (Wildman–Crippen LogP) is 10.9. The number of para-hydroxylation sites is 1. The first-order chi connectivity index (χ1) is 20.6. The van der Waals surface area contributed by atoms with E-state index in [4.69, 9.17) is 4.74 Å². The molecule has 0 aliphatic rings. The lowest BCUT2D eigenvalue weighted by Gasteiger charge is -2.26. The molecular weight excluding hydrogens is 512 g/mol. The van der Waals surface area contributed by atoms with E-state index < -0.39 is 0 Å².